The maximum atomic E-state index is 12.7. The summed E-state index contributed by atoms with van der Waals surface area (Å²) in [6.45, 7) is 3.85. The summed E-state index contributed by atoms with van der Waals surface area (Å²) in [5.74, 6) is 0.697. The number of ether oxygens (including phenoxy) is 2. The Morgan fingerprint density at radius 2 is 1.89 bits per heavy atom. The van der Waals surface area contributed by atoms with Gasteiger partial charge in [-0.05, 0) is 55.8 Å². The lowest BCUT2D eigenvalue weighted by Crippen LogP contribution is -2.30. The summed E-state index contributed by atoms with van der Waals surface area (Å²) in [6.07, 6.45) is 1.59. The third-order valence-corrected chi connectivity index (χ3v) is 4.04. The molecule has 1 heterocycles. The number of nitrogens with zero attached hydrogens (tertiary/aromatic N) is 1. The van der Waals surface area contributed by atoms with Crippen LogP contribution in [0.2, 0.25) is 5.02 Å². The summed E-state index contributed by atoms with van der Waals surface area (Å²) in [7, 11) is 1.54. The van der Waals surface area contributed by atoms with E-state index in [1.54, 1.807) is 55.7 Å². The summed E-state index contributed by atoms with van der Waals surface area (Å²) in [6, 6.07) is 11.3. The largest absolute Gasteiger partial charge is 0.493 e. The summed E-state index contributed by atoms with van der Waals surface area (Å²) >= 11 is 5.96. The number of anilines is 1. The molecule has 1 aliphatic heterocycles. The molecule has 7 heteroatoms. The second kappa shape index (κ2) is 7.72. The van der Waals surface area contributed by atoms with Crippen LogP contribution in [-0.4, -0.2) is 25.2 Å². The molecule has 1 aliphatic rings. The van der Waals surface area contributed by atoms with E-state index in [4.69, 9.17) is 21.1 Å². The van der Waals surface area contributed by atoms with E-state index in [1.807, 2.05) is 13.8 Å². The lowest BCUT2D eigenvalue weighted by molar-refractivity contribution is -0.113. The van der Waals surface area contributed by atoms with Gasteiger partial charge in [0.2, 0.25) is 0 Å². The fourth-order valence-corrected chi connectivity index (χ4v) is 2.86. The number of imide groups is 1. The monoisotopic (exact) mass is 386 g/mol. The molecule has 6 nitrogen and oxygen atoms in total. The van der Waals surface area contributed by atoms with E-state index in [1.165, 1.54) is 0 Å². The smallest absolute Gasteiger partial charge is 0.333 e. The minimum atomic E-state index is -0.528. The first-order chi connectivity index (χ1) is 12.9. The predicted octanol–water partition coefficient (Wildman–Crippen LogP) is 4.23. The van der Waals surface area contributed by atoms with Gasteiger partial charge in [-0.25, -0.2) is 9.69 Å². The van der Waals surface area contributed by atoms with Gasteiger partial charge in [-0.2, -0.15) is 0 Å². The fraction of sp³-hybridized carbons (Fsp3) is 0.200. The molecule has 1 N–H and O–H groups in total. The van der Waals surface area contributed by atoms with Crippen LogP contribution in [0.15, 0.2) is 48.2 Å². The highest BCUT2D eigenvalue weighted by Crippen LogP contribution is 2.30. The number of amides is 3. The topological polar surface area (TPSA) is 67.9 Å². The molecule has 2 aromatic carbocycles. The maximum absolute atomic E-state index is 12.7. The molecule has 27 heavy (non-hydrogen) atoms. The van der Waals surface area contributed by atoms with Crippen molar-refractivity contribution in [3.8, 4) is 11.5 Å². The first-order valence-electron chi connectivity index (χ1n) is 8.36. The molecule has 0 bridgehead atoms. The number of hydrogen-bond acceptors (Lipinski definition) is 4. The van der Waals surface area contributed by atoms with Gasteiger partial charge in [-0.1, -0.05) is 23.7 Å². The maximum Gasteiger partial charge on any atom is 0.333 e. The highest BCUT2D eigenvalue weighted by Gasteiger charge is 2.34. The van der Waals surface area contributed by atoms with Crippen LogP contribution in [0.25, 0.3) is 6.08 Å². The molecule has 0 saturated carbocycles. The molecule has 1 fully saturated rings. The molecule has 0 aromatic heterocycles. The molecule has 3 rings (SSSR count). The summed E-state index contributed by atoms with van der Waals surface area (Å²) < 4.78 is 11.0. The van der Waals surface area contributed by atoms with Crippen LogP contribution in [-0.2, 0) is 4.79 Å². The predicted molar refractivity (Wildman–Crippen MR) is 104 cm³/mol. The average Bonchev–Trinajstić information content (AvgIpc) is 2.89. The van der Waals surface area contributed by atoms with Crippen LogP contribution in [0.4, 0.5) is 10.5 Å². The molecule has 0 aliphatic carbocycles. The SMILES string of the molecule is COc1cc(/C=C2/NC(=O)N(c3cccc(Cl)c3)C2=O)ccc1OC(C)C. The summed E-state index contributed by atoms with van der Waals surface area (Å²) in [4.78, 5) is 26.0. The number of halogens is 1. The van der Waals surface area contributed by atoms with E-state index >= 15 is 0 Å². The van der Waals surface area contributed by atoms with Gasteiger partial charge in [0.1, 0.15) is 5.70 Å². The van der Waals surface area contributed by atoms with Crippen molar-refractivity contribution in [1.29, 1.82) is 0 Å². The number of benzene rings is 2. The minimum Gasteiger partial charge on any atom is -0.493 e. The van der Waals surface area contributed by atoms with Crippen LogP contribution >= 0.6 is 11.6 Å². The minimum absolute atomic E-state index is 0.00468. The zero-order valence-electron chi connectivity index (χ0n) is 15.2. The zero-order valence-corrected chi connectivity index (χ0v) is 15.9. The molecule has 0 radical (unpaired) electrons. The molecular formula is C20H19ClN2O4. The fourth-order valence-electron chi connectivity index (χ4n) is 2.68. The average molecular weight is 387 g/mol. The van der Waals surface area contributed by atoms with Gasteiger partial charge in [-0.15, -0.1) is 0 Å². The van der Waals surface area contributed by atoms with Crippen molar-refractivity contribution in [2.45, 2.75) is 20.0 Å². The number of methoxy groups -OCH3 is 1. The Labute approximate surface area is 162 Å². The van der Waals surface area contributed by atoms with Crippen LogP contribution < -0.4 is 19.7 Å². The zero-order chi connectivity index (χ0) is 19.6. The number of carbonyl (C=O) groups excluding carboxylic acids is 2. The summed E-state index contributed by atoms with van der Waals surface area (Å²) in [5, 5.41) is 3.03. The van der Waals surface area contributed by atoms with Crippen LogP contribution in [0.1, 0.15) is 19.4 Å². The quantitative estimate of drug-likeness (QED) is 0.616. The Morgan fingerprint density at radius 1 is 1.11 bits per heavy atom. The van der Waals surface area contributed by atoms with Gasteiger partial charge in [0, 0.05) is 5.02 Å². The standard InChI is InChI=1S/C20H19ClN2O4/c1-12(2)27-17-8-7-13(10-18(17)26-3)9-16-19(24)23(20(25)22-16)15-6-4-5-14(21)11-15/h4-12H,1-3H3,(H,22,25)/b16-9+. The van der Waals surface area contributed by atoms with Gasteiger partial charge in [0.05, 0.1) is 18.9 Å². The van der Waals surface area contributed by atoms with Crippen LogP contribution in [0.5, 0.6) is 11.5 Å². The number of hydrogen-bond donors (Lipinski definition) is 1. The summed E-state index contributed by atoms with van der Waals surface area (Å²) in [5.41, 5.74) is 1.27. The molecule has 0 spiro atoms. The van der Waals surface area contributed by atoms with Crippen LogP contribution in [0, 0.1) is 0 Å². The second-order valence-corrected chi connectivity index (χ2v) is 6.62. The van der Waals surface area contributed by atoms with Gasteiger partial charge in [0.15, 0.2) is 11.5 Å². The van der Waals surface area contributed by atoms with Gasteiger partial charge >= 0.3 is 6.03 Å². The molecule has 3 amide bonds. The van der Waals surface area contributed by atoms with E-state index < -0.39 is 11.9 Å². The van der Waals surface area contributed by atoms with Crippen molar-refractivity contribution in [2.24, 2.45) is 0 Å². The van der Waals surface area contributed by atoms with Gasteiger partial charge in [0.25, 0.3) is 5.91 Å². The first-order valence-corrected chi connectivity index (χ1v) is 8.74. The second-order valence-electron chi connectivity index (χ2n) is 6.19. The van der Waals surface area contributed by atoms with Crippen molar-refractivity contribution in [3.63, 3.8) is 0 Å². The van der Waals surface area contributed by atoms with Gasteiger partial charge < -0.3 is 14.8 Å². The Morgan fingerprint density at radius 3 is 2.56 bits per heavy atom. The molecular weight excluding hydrogens is 368 g/mol. The highest BCUT2D eigenvalue weighted by atomic mass is 35.5. The van der Waals surface area contributed by atoms with Crippen molar-refractivity contribution in [2.75, 3.05) is 12.0 Å². The number of carbonyl (C=O) groups is 2. The molecule has 2 aromatic rings. The lowest BCUT2D eigenvalue weighted by Gasteiger charge is -2.14. The Kier molecular flexibility index (Phi) is 5.37. The molecule has 0 unspecified atom stereocenters. The number of rotatable bonds is 5. The van der Waals surface area contributed by atoms with E-state index in [2.05, 4.69) is 5.32 Å². The molecule has 0 atom stereocenters. The number of nitrogens with one attached hydrogen (secondary N) is 1. The molecule has 1 saturated heterocycles. The highest BCUT2D eigenvalue weighted by molar-refractivity contribution is 6.32. The van der Waals surface area contributed by atoms with E-state index in [-0.39, 0.29) is 11.8 Å². The van der Waals surface area contributed by atoms with Crippen molar-refractivity contribution < 1.29 is 19.1 Å². The lowest BCUT2D eigenvalue weighted by atomic mass is 10.1. The number of urea groups is 1. The third kappa shape index (κ3) is 4.06. The van der Waals surface area contributed by atoms with Crippen LogP contribution in [0.3, 0.4) is 0 Å². The van der Waals surface area contributed by atoms with Gasteiger partial charge in [-0.3, -0.25) is 4.79 Å². The Bertz CT molecular complexity index is 924. The Balaban J connectivity index is 1.89. The van der Waals surface area contributed by atoms with E-state index in [9.17, 15) is 9.59 Å². The third-order valence-electron chi connectivity index (χ3n) is 3.81. The first kappa shape index (κ1) is 18.8. The van der Waals surface area contributed by atoms with E-state index in [0.29, 0.717) is 27.8 Å². The Hall–Kier alpha value is -2.99. The van der Waals surface area contributed by atoms with Crippen molar-refractivity contribution in [3.05, 3.63) is 58.7 Å². The van der Waals surface area contributed by atoms with Crippen molar-refractivity contribution in [1.82, 2.24) is 5.32 Å². The molecule has 140 valence electrons. The normalized spacial score (nSPS) is 15.4. The van der Waals surface area contributed by atoms with Crippen molar-refractivity contribution >= 4 is 35.3 Å². The van der Waals surface area contributed by atoms with E-state index in [0.717, 1.165) is 4.90 Å².